The molecule has 30 heavy (non-hydrogen) atoms. The van der Waals surface area contributed by atoms with Crippen LogP contribution in [0, 0.1) is 5.92 Å². The van der Waals surface area contributed by atoms with E-state index < -0.39 is 10.0 Å². The lowest BCUT2D eigenvalue weighted by Crippen LogP contribution is -2.38. The van der Waals surface area contributed by atoms with Gasteiger partial charge < -0.3 is 10.1 Å². The van der Waals surface area contributed by atoms with E-state index in [1.807, 2.05) is 37.3 Å². The third-order valence-electron chi connectivity index (χ3n) is 5.43. The SMILES string of the molecule is CCOc1cccc(CNC(=O)CCC2CCN(S(=O)(=O)c3ccccc3)CC2)c1. The van der Waals surface area contributed by atoms with E-state index in [4.69, 9.17) is 4.74 Å². The van der Waals surface area contributed by atoms with E-state index in [0.29, 0.717) is 43.5 Å². The fourth-order valence-electron chi connectivity index (χ4n) is 3.72. The molecule has 0 saturated carbocycles. The van der Waals surface area contributed by atoms with Gasteiger partial charge in [0.1, 0.15) is 5.75 Å². The summed E-state index contributed by atoms with van der Waals surface area (Å²) in [5.41, 5.74) is 1.01. The van der Waals surface area contributed by atoms with Crippen molar-refractivity contribution < 1.29 is 17.9 Å². The summed E-state index contributed by atoms with van der Waals surface area (Å²) in [7, 11) is -3.42. The Balaban J connectivity index is 1.40. The van der Waals surface area contributed by atoms with Crippen molar-refractivity contribution in [2.24, 2.45) is 5.92 Å². The Labute approximate surface area is 179 Å². The highest BCUT2D eigenvalue weighted by Gasteiger charge is 2.29. The summed E-state index contributed by atoms with van der Waals surface area (Å²) < 4.78 is 32.4. The standard InChI is InChI=1S/C23H30N2O4S/c1-2-29-21-8-6-7-20(17-21)18-24-23(26)12-11-19-13-15-25(16-14-19)30(27,28)22-9-4-3-5-10-22/h3-10,17,19H,2,11-16,18H2,1H3,(H,24,26). The molecule has 162 valence electrons. The van der Waals surface area contributed by atoms with Crippen LogP contribution >= 0.6 is 0 Å². The van der Waals surface area contributed by atoms with Gasteiger partial charge in [0.2, 0.25) is 15.9 Å². The molecule has 1 heterocycles. The van der Waals surface area contributed by atoms with E-state index in [1.54, 1.807) is 28.6 Å². The zero-order chi connectivity index (χ0) is 21.4. The van der Waals surface area contributed by atoms with Crippen molar-refractivity contribution in [1.82, 2.24) is 9.62 Å². The minimum Gasteiger partial charge on any atom is -0.494 e. The lowest BCUT2D eigenvalue weighted by molar-refractivity contribution is -0.121. The van der Waals surface area contributed by atoms with Crippen LogP contribution in [-0.2, 0) is 21.4 Å². The minimum atomic E-state index is -3.42. The van der Waals surface area contributed by atoms with Crippen molar-refractivity contribution in [2.75, 3.05) is 19.7 Å². The summed E-state index contributed by atoms with van der Waals surface area (Å²) in [4.78, 5) is 12.6. The Morgan fingerprint density at radius 3 is 2.53 bits per heavy atom. The van der Waals surface area contributed by atoms with Crippen molar-refractivity contribution in [3.05, 3.63) is 60.2 Å². The molecule has 0 unspecified atom stereocenters. The van der Waals surface area contributed by atoms with Gasteiger partial charge in [0.15, 0.2) is 0 Å². The topological polar surface area (TPSA) is 75.7 Å². The van der Waals surface area contributed by atoms with Gasteiger partial charge in [-0.25, -0.2) is 8.42 Å². The largest absolute Gasteiger partial charge is 0.494 e. The number of nitrogens with zero attached hydrogens (tertiary/aromatic N) is 1. The average Bonchev–Trinajstić information content (AvgIpc) is 2.78. The molecule has 0 spiro atoms. The summed E-state index contributed by atoms with van der Waals surface area (Å²) in [5.74, 6) is 1.21. The van der Waals surface area contributed by atoms with Gasteiger partial charge in [-0.2, -0.15) is 4.31 Å². The average molecular weight is 431 g/mol. The van der Waals surface area contributed by atoms with Crippen LogP contribution in [0.4, 0.5) is 0 Å². The highest BCUT2D eigenvalue weighted by atomic mass is 32.2. The first-order valence-corrected chi connectivity index (χ1v) is 12.0. The lowest BCUT2D eigenvalue weighted by Gasteiger charge is -2.31. The maximum absolute atomic E-state index is 12.7. The van der Waals surface area contributed by atoms with Crippen LogP contribution in [-0.4, -0.2) is 38.3 Å². The maximum Gasteiger partial charge on any atom is 0.243 e. The summed E-state index contributed by atoms with van der Waals surface area (Å²) in [6.07, 6.45) is 2.82. The highest BCUT2D eigenvalue weighted by Crippen LogP contribution is 2.26. The van der Waals surface area contributed by atoms with Gasteiger partial charge in [0, 0.05) is 26.1 Å². The van der Waals surface area contributed by atoms with Crippen LogP contribution in [0.25, 0.3) is 0 Å². The van der Waals surface area contributed by atoms with Crippen LogP contribution in [0.3, 0.4) is 0 Å². The Kier molecular flexibility index (Phi) is 7.87. The molecular weight excluding hydrogens is 400 g/mol. The Morgan fingerprint density at radius 1 is 1.10 bits per heavy atom. The van der Waals surface area contributed by atoms with Crippen LogP contribution in [0.2, 0.25) is 0 Å². The molecule has 7 heteroatoms. The van der Waals surface area contributed by atoms with E-state index >= 15 is 0 Å². The second kappa shape index (κ2) is 10.6. The Hall–Kier alpha value is -2.38. The molecule has 0 atom stereocenters. The number of ether oxygens (including phenoxy) is 1. The number of hydrogen-bond donors (Lipinski definition) is 1. The second-order valence-electron chi connectivity index (χ2n) is 7.56. The number of hydrogen-bond acceptors (Lipinski definition) is 4. The first-order chi connectivity index (χ1) is 14.5. The van der Waals surface area contributed by atoms with Crippen molar-refractivity contribution in [2.45, 2.75) is 44.0 Å². The predicted octanol–water partition coefficient (Wildman–Crippen LogP) is 3.58. The van der Waals surface area contributed by atoms with Crippen LogP contribution in [0.1, 0.15) is 38.2 Å². The third-order valence-corrected chi connectivity index (χ3v) is 7.35. The van der Waals surface area contributed by atoms with E-state index in [2.05, 4.69) is 5.32 Å². The molecule has 0 bridgehead atoms. The zero-order valence-electron chi connectivity index (χ0n) is 17.4. The quantitative estimate of drug-likeness (QED) is 0.660. The minimum absolute atomic E-state index is 0.0242. The number of carbonyl (C=O) groups is 1. The summed E-state index contributed by atoms with van der Waals surface area (Å²) >= 11 is 0. The van der Waals surface area contributed by atoms with E-state index in [-0.39, 0.29) is 5.91 Å². The second-order valence-corrected chi connectivity index (χ2v) is 9.49. The predicted molar refractivity (Wildman–Crippen MR) is 117 cm³/mol. The molecule has 2 aromatic carbocycles. The summed E-state index contributed by atoms with van der Waals surface area (Å²) in [6, 6.07) is 16.3. The fraction of sp³-hybridized carbons (Fsp3) is 0.435. The molecule has 1 aliphatic heterocycles. The van der Waals surface area contributed by atoms with Crippen LogP contribution in [0.15, 0.2) is 59.5 Å². The van der Waals surface area contributed by atoms with Gasteiger partial charge in [-0.05, 0) is 61.9 Å². The summed E-state index contributed by atoms with van der Waals surface area (Å²) in [6.45, 7) is 4.05. The number of rotatable bonds is 9. The van der Waals surface area contributed by atoms with Crippen molar-refractivity contribution in [1.29, 1.82) is 0 Å². The van der Waals surface area contributed by atoms with Gasteiger partial charge in [0.05, 0.1) is 11.5 Å². The van der Waals surface area contributed by atoms with Crippen molar-refractivity contribution in [3.8, 4) is 5.75 Å². The van der Waals surface area contributed by atoms with Crippen molar-refractivity contribution in [3.63, 3.8) is 0 Å². The van der Waals surface area contributed by atoms with Gasteiger partial charge in [-0.3, -0.25) is 4.79 Å². The molecule has 2 aromatic rings. The fourth-order valence-corrected chi connectivity index (χ4v) is 5.21. The molecule has 0 aliphatic carbocycles. The number of nitrogens with one attached hydrogen (secondary N) is 1. The molecule has 1 saturated heterocycles. The van der Waals surface area contributed by atoms with Crippen LogP contribution in [0.5, 0.6) is 5.75 Å². The van der Waals surface area contributed by atoms with Gasteiger partial charge in [-0.1, -0.05) is 30.3 Å². The van der Waals surface area contributed by atoms with E-state index in [9.17, 15) is 13.2 Å². The number of benzene rings is 2. The first-order valence-electron chi connectivity index (χ1n) is 10.5. The highest BCUT2D eigenvalue weighted by molar-refractivity contribution is 7.89. The number of piperidine rings is 1. The molecule has 6 nitrogen and oxygen atoms in total. The lowest BCUT2D eigenvalue weighted by atomic mass is 9.93. The van der Waals surface area contributed by atoms with Crippen molar-refractivity contribution >= 4 is 15.9 Å². The first kappa shape index (κ1) is 22.3. The molecule has 1 aliphatic rings. The summed E-state index contributed by atoms with van der Waals surface area (Å²) in [5, 5.41) is 2.96. The molecule has 1 fully saturated rings. The van der Waals surface area contributed by atoms with E-state index in [0.717, 1.165) is 30.6 Å². The monoisotopic (exact) mass is 430 g/mol. The van der Waals surface area contributed by atoms with Gasteiger partial charge in [-0.15, -0.1) is 0 Å². The third kappa shape index (κ3) is 6.06. The molecule has 1 amide bonds. The number of sulfonamides is 1. The number of amides is 1. The molecule has 0 radical (unpaired) electrons. The molecule has 0 aromatic heterocycles. The Morgan fingerprint density at radius 2 is 1.83 bits per heavy atom. The van der Waals surface area contributed by atoms with Crippen LogP contribution < -0.4 is 10.1 Å². The molecule has 3 rings (SSSR count). The molecular formula is C23H30N2O4S. The van der Waals surface area contributed by atoms with Gasteiger partial charge in [0.25, 0.3) is 0 Å². The number of carbonyl (C=O) groups excluding carboxylic acids is 1. The zero-order valence-corrected chi connectivity index (χ0v) is 18.2. The Bertz CT molecular complexity index is 923. The molecule has 1 N–H and O–H groups in total. The van der Waals surface area contributed by atoms with Gasteiger partial charge >= 0.3 is 0 Å². The van der Waals surface area contributed by atoms with E-state index in [1.165, 1.54) is 0 Å². The normalized spacial score (nSPS) is 15.6. The maximum atomic E-state index is 12.7. The smallest absolute Gasteiger partial charge is 0.243 e.